The van der Waals surface area contributed by atoms with Crippen LogP contribution >= 0.6 is 0 Å². The fraction of sp³-hybridized carbons (Fsp3) is 0.333. The van der Waals surface area contributed by atoms with E-state index in [0.717, 1.165) is 11.4 Å². The highest BCUT2D eigenvalue weighted by molar-refractivity contribution is 5.99. The molecule has 0 N–H and O–H groups in total. The van der Waals surface area contributed by atoms with Crippen LogP contribution < -0.4 is 4.90 Å². The van der Waals surface area contributed by atoms with Gasteiger partial charge in [-0.25, -0.2) is 0 Å². The summed E-state index contributed by atoms with van der Waals surface area (Å²) in [5.74, 6) is 1.17. The van der Waals surface area contributed by atoms with Crippen molar-refractivity contribution in [1.29, 1.82) is 0 Å². The summed E-state index contributed by atoms with van der Waals surface area (Å²) < 4.78 is 5.41. The lowest BCUT2D eigenvalue weighted by Gasteiger charge is -2.21. The average molecular weight is 310 g/mol. The molecule has 2 aliphatic heterocycles. The Bertz CT molecular complexity index is 753. The Kier molecular flexibility index (Phi) is 3.22. The van der Waals surface area contributed by atoms with E-state index in [9.17, 15) is 9.59 Å². The second kappa shape index (κ2) is 5.26. The molecule has 0 bridgehead atoms. The van der Waals surface area contributed by atoms with Gasteiger partial charge >= 0.3 is 0 Å². The minimum Gasteiger partial charge on any atom is -0.456 e. The van der Waals surface area contributed by atoms with E-state index in [0.29, 0.717) is 25.4 Å². The van der Waals surface area contributed by atoms with Crippen molar-refractivity contribution >= 4 is 17.5 Å². The number of carbonyl (C=O) groups is 2. The lowest BCUT2D eigenvalue weighted by molar-refractivity contribution is -0.120. The van der Waals surface area contributed by atoms with Crippen molar-refractivity contribution < 1.29 is 14.0 Å². The first-order valence-corrected chi connectivity index (χ1v) is 7.85. The van der Waals surface area contributed by atoms with Crippen LogP contribution in [-0.2, 0) is 4.79 Å². The molecule has 23 heavy (non-hydrogen) atoms. The predicted molar refractivity (Wildman–Crippen MR) is 85.1 cm³/mol. The average Bonchev–Trinajstić information content (AvgIpc) is 3.24. The van der Waals surface area contributed by atoms with Gasteiger partial charge in [0.15, 0.2) is 5.76 Å². The maximum absolute atomic E-state index is 12.7. The molecule has 2 aliphatic rings. The predicted octanol–water partition coefficient (Wildman–Crippen LogP) is 2.32. The third kappa shape index (κ3) is 2.32. The van der Waals surface area contributed by atoms with Crippen LogP contribution in [0.1, 0.15) is 16.3 Å². The molecule has 118 valence electrons. The number of anilines is 1. The second-order valence-electron chi connectivity index (χ2n) is 6.27. The van der Waals surface area contributed by atoms with Gasteiger partial charge in [0.2, 0.25) is 5.91 Å². The summed E-state index contributed by atoms with van der Waals surface area (Å²) >= 11 is 0. The van der Waals surface area contributed by atoms with Crippen LogP contribution in [0.4, 0.5) is 5.69 Å². The molecule has 0 radical (unpaired) electrons. The van der Waals surface area contributed by atoms with Crippen molar-refractivity contribution in [3.63, 3.8) is 0 Å². The fourth-order valence-electron chi connectivity index (χ4n) is 3.57. The van der Waals surface area contributed by atoms with Crippen LogP contribution in [0.25, 0.3) is 0 Å². The van der Waals surface area contributed by atoms with Gasteiger partial charge in [0.25, 0.3) is 5.91 Å². The summed E-state index contributed by atoms with van der Waals surface area (Å²) in [6, 6.07) is 13.2. The molecule has 2 amide bonds. The Morgan fingerprint density at radius 1 is 1.09 bits per heavy atom. The summed E-state index contributed by atoms with van der Waals surface area (Å²) in [5.41, 5.74) is 0.937. The smallest absolute Gasteiger partial charge is 0.289 e. The molecule has 2 atom stereocenters. The summed E-state index contributed by atoms with van der Waals surface area (Å²) in [4.78, 5) is 28.7. The van der Waals surface area contributed by atoms with Gasteiger partial charge in [-0.2, -0.15) is 0 Å². The van der Waals surface area contributed by atoms with Crippen LogP contribution in [0.2, 0.25) is 0 Å². The molecule has 2 fully saturated rings. The first kappa shape index (κ1) is 14.1. The maximum atomic E-state index is 12.7. The Labute approximate surface area is 134 Å². The van der Waals surface area contributed by atoms with Gasteiger partial charge in [-0.15, -0.1) is 0 Å². The van der Waals surface area contributed by atoms with E-state index in [-0.39, 0.29) is 23.7 Å². The fourth-order valence-corrected chi connectivity index (χ4v) is 3.57. The van der Waals surface area contributed by atoms with E-state index in [2.05, 4.69) is 0 Å². The zero-order valence-electron chi connectivity index (χ0n) is 12.9. The summed E-state index contributed by atoms with van der Waals surface area (Å²) in [7, 11) is 0. The second-order valence-corrected chi connectivity index (χ2v) is 6.27. The van der Waals surface area contributed by atoms with E-state index in [1.807, 2.05) is 42.2 Å². The van der Waals surface area contributed by atoms with Gasteiger partial charge in [-0.05, 0) is 31.2 Å². The molecule has 4 rings (SSSR count). The van der Waals surface area contributed by atoms with E-state index in [1.165, 1.54) is 0 Å². The number of hydrogen-bond donors (Lipinski definition) is 0. The van der Waals surface area contributed by atoms with Gasteiger partial charge in [0.1, 0.15) is 5.76 Å². The number of benzene rings is 1. The van der Waals surface area contributed by atoms with E-state index in [4.69, 9.17) is 4.42 Å². The highest BCUT2D eigenvalue weighted by atomic mass is 16.3. The molecule has 2 saturated heterocycles. The number of rotatable bonds is 2. The maximum Gasteiger partial charge on any atom is 0.289 e. The monoisotopic (exact) mass is 310 g/mol. The van der Waals surface area contributed by atoms with E-state index >= 15 is 0 Å². The number of amides is 2. The van der Waals surface area contributed by atoms with Crippen LogP contribution in [0, 0.1) is 18.8 Å². The SMILES string of the molecule is Cc1ccc(C(=O)N2CC3CN(c4ccccc4)C(=O)C3C2)o1. The number of para-hydroxylation sites is 1. The third-order valence-electron chi connectivity index (χ3n) is 4.75. The van der Waals surface area contributed by atoms with Crippen LogP contribution in [0.5, 0.6) is 0 Å². The minimum absolute atomic E-state index is 0.102. The van der Waals surface area contributed by atoms with Crippen LogP contribution in [0.15, 0.2) is 46.9 Å². The molecule has 5 heteroatoms. The number of aryl methyl sites for hydroxylation is 1. The summed E-state index contributed by atoms with van der Waals surface area (Å²) in [6.45, 7) is 3.58. The highest BCUT2D eigenvalue weighted by Gasteiger charge is 2.48. The molecular weight excluding hydrogens is 292 g/mol. The number of fused-ring (bicyclic) bond motifs is 1. The van der Waals surface area contributed by atoms with Crippen molar-refractivity contribution in [2.45, 2.75) is 6.92 Å². The van der Waals surface area contributed by atoms with E-state index < -0.39 is 0 Å². The number of likely N-dealkylation sites (tertiary alicyclic amines) is 1. The third-order valence-corrected chi connectivity index (χ3v) is 4.75. The lowest BCUT2D eigenvalue weighted by Crippen LogP contribution is -2.35. The largest absolute Gasteiger partial charge is 0.456 e. The van der Waals surface area contributed by atoms with Gasteiger partial charge in [0.05, 0.1) is 5.92 Å². The van der Waals surface area contributed by atoms with E-state index in [1.54, 1.807) is 17.0 Å². The molecular formula is C18H18N2O3. The number of furan rings is 1. The zero-order chi connectivity index (χ0) is 16.0. The zero-order valence-corrected chi connectivity index (χ0v) is 12.9. The van der Waals surface area contributed by atoms with Crippen LogP contribution in [-0.4, -0.2) is 36.3 Å². The van der Waals surface area contributed by atoms with Gasteiger partial charge < -0.3 is 14.2 Å². The molecule has 5 nitrogen and oxygen atoms in total. The molecule has 0 spiro atoms. The molecule has 3 heterocycles. The Morgan fingerprint density at radius 3 is 2.52 bits per heavy atom. The Hall–Kier alpha value is -2.56. The van der Waals surface area contributed by atoms with Gasteiger partial charge in [-0.3, -0.25) is 9.59 Å². The number of nitrogens with zero attached hydrogens (tertiary/aromatic N) is 2. The molecule has 1 aromatic carbocycles. The molecule has 1 aromatic heterocycles. The standard InChI is InChI=1S/C18H18N2O3/c1-12-7-8-16(23-12)18(22)19-9-13-10-20(17(21)15(13)11-19)14-5-3-2-4-6-14/h2-8,13,15H,9-11H2,1H3. The molecule has 2 aromatic rings. The first-order valence-electron chi connectivity index (χ1n) is 7.85. The lowest BCUT2D eigenvalue weighted by atomic mass is 10.0. The normalized spacial score (nSPS) is 23.4. The molecule has 0 aliphatic carbocycles. The number of carbonyl (C=O) groups excluding carboxylic acids is 2. The van der Waals surface area contributed by atoms with Crippen molar-refractivity contribution in [3.8, 4) is 0 Å². The topological polar surface area (TPSA) is 53.8 Å². The first-order chi connectivity index (χ1) is 11.1. The highest BCUT2D eigenvalue weighted by Crippen LogP contribution is 2.35. The van der Waals surface area contributed by atoms with Crippen LogP contribution in [0.3, 0.4) is 0 Å². The Balaban J connectivity index is 1.49. The summed E-state index contributed by atoms with van der Waals surface area (Å²) in [6.07, 6.45) is 0. The minimum atomic E-state index is -0.119. The van der Waals surface area contributed by atoms with Crippen molar-refractivity contribution in [2.75, 3.05) is 24.5 Å². The van der Waals surface area contributed by atoms with Gasteiger partial charge in [-0.1, -0.05) is 18.2 Å². The van der Waals surface area contributed by atoms with Crippen molar-refractivity contribution in [3.05, 3.63) is 54.0 Å². The summed E-state index contributed by atoms with van der Waals surface area (Å²) in [5, 5.41) is 0. The number of hydrogen-bond acceptors (Lipinski definition) is 3. The Morgan fingerprint density at radius 2 is 1.87 bits per heavy atom. The molecule has 2 unspecified atom stereocenters. The molecule has 0 saturated carbocycles. The quantitative estimate of drug-likeness (QED) is 0.855. The van der Waals surface area contributed by atoms with Crippen molar-refractivity contribution in [2.24, 2.45) is 11.8 Å². The van der Waals surface area contributed by atoms with Gasteiger partial charge in [0, 0.05) is 31.2 Å². The van der Waals surface area contributed by atoms with Crippen molar-refractivity contribution in [1.82, 2.24) is 4.90 Å².